The molecular formula is C21H21N5O6. The Hall–Kier alpha value is -4.15. The number of carbonyl (C=O) groups excluding carboxylic acids is 3. The van der Waals surface area contributed by atoms with Crippen molar-refractivity contribution < 1.29 is 29.3 Å². The minimum absolute atomic E-state index is 0.0233. The van der Waals surface area contributed by atoms with Gasteiger partial charge in [0.25, 0.3) is 0 Å². The van der Waals surface area contributed by atoms with Crippen molar-refractivity contribution in [2.45, 2.75) is 39.7 Å². The quantitative estimate of drug-likeness (QED) is 0.262. The SMILES string of the molecule is CC(=O)c1c(O)c(C)c(O)c2c1OC1=CC(=O)C(=C(C)NCc3nc(N)n[nH]3)C(=O)[C@@]12C. The number of aromatic nitrogens is 3. The van der Waals surface area contributed by atoms with Gasteiger partial charge in [-0.15, -0.1) is 5.10 Å². The fraction of sp³-hybridized carbons (Fsp3) is 0.286. The molecule has 1 aromatic carbocycles. The summed E-state index contributed by atoms with van der Waals surface area (Å²) in [6, 6.07) is 0. The van der Waals surface area contributed by atoms with E-state index in [1.165, 1.54) is 20.8 Å². The van der Waals surface area contributed by atoms with Gasteiger partial charge in [0.15, 0.2) is 17.3 Å². The first kappa shape index (κ1) is 21.1. The summed E-state index contributed by atoms with van der Waals surface area (Å²) in [5.41, 5.74) is 3.97. The number of ketones is 3. The van der Waals surface area contributed by atoms with Gasteiger partial charge < -0.3 is 26.0 Å². The molecule has 0 radical (unpaired) electrons. The number of rotatable bonds is 4. The van der Waals surface area contributed by atoms with Gasteiger partial charge in [-0.1, -0.05) is 0 Å². The number of aromatic hydroxyl groups is 2. The number of Topliss-reactive ketones (excluding diaryl/α,β-unsaturated/α-hetero) is 2. The van der Waals surface area contributed by atoms with Gasteiger partial charge in [-0.05, 0) is 27.7 Å². The molecular weight excluding hydrogens is 418 g/mol. The standard InChI is InChI=1S/C21H21N5O6/c1-7-16(29)14(9(3)27)18-15(17(7)30)21(4)11(32-18)5-10(28)13(19(21)31)8(2)23-6-12-24-20(22)26-25-12/h5,23,29-30H,6H2,1-4H3,(H3,22,24,25,26)/t21-/m0/s1. The van der Waals surface area contributed by atoms with E-state index in [2.05, 4.69) is 20.5 Å². The molecule has 32 heavy (non-hydrogen) atoms. The Morgan fingerprint density at radius 3 is 2.56 bits per heavy atom. The van der Waals surface area contributed by atoms with Crippen molar-refractivity contribution >= 4 is 23.3 Å². The van der Waals surface area contributed by atoms with E-state index in [-0.39, 0.29) is 57.7 Å². The Labute approximate surface area is 182 Å². The maximum atomic E-state index is 13.6. The first-order chi connectivity index (χ1) is 15.0. The number of ether oxygens (including phenoxy) is 1. The number of nitrogen functional groups attached to an aromatic ring is 1. The zero-order valence-corrected chi connectivity index (χ0v) is 17.8. The van der Waals surface area contributed by atoms with E-state index in [1.807, 2.05) is 0 Å². The molecule has 4 rings (SSSR count). The Morgan fingerprint density at radius 2 is 1.97 bits per heavy atom. The first-order valence-corrected chi connectivity index (χ1v) is 9.69. The summed E-state index contributed by atoms with van der Waals surface area (Å²) in [6.07, 6.45) is 1.16. The summed E-state index contributed by atoms with van der Waals surface area (Å²) in [4.78, 5) is 42.6. The van der Waals surface area contributed by atoms with Crippen molar-refractivity contribution in [1.82, 2.24) is 20.5 Å². The van der Waals surface area contributed by atoms with Crippen LogP contribution in [-0.4, -0.2) is 42.7 Å². The van der Waals surface area contributed by atoms with Gasteiger partial charge in [0.2, 0.25) is 5.95 Å². The van der Waals surface area contributed by atoms with E-state index < -0.39 is 28.5 Å². The van der Waals surface area contributed by atoms with Gasteiger partial charge in [-0.25, -0.2) is 0 Å². The Balaban J connectivity index is 1.84. The minimum atomic E-state index is -1.56. The van der Waals surface area contributed by atoms with Crippen LogP contribution in [0.25, 0.3) is 0 Å². The van der Waals surface area contributed by atoms with Crippen molar-refractivity contribution in [3.63, 3.8) is 0 Å². The van der Waals surface area contributed by atoms with Gasteiger partial charge in [-0.2, -0.15) is 4.98 Å². The molecule has 166 valence electrons. The smallest absolute Gasteiger partial charge is 0.239 e. The molecule has 6 N–H and O–H groups in total. The molecule has 1 aromatic heterocycles. The highest BCUT2D eigenvalue weighted by Gasteiger charge is 2.56. The number of nitrogens with one attached hydrogen (secondary N) is 2. The average Bonchev–Trinajstić information content (AvgIpc) is 3.26. The molecule has 11 heteroatoms. The number of hydrogen-bond donors (Lipinski definition) is 5. The second-order valence-corrected chi connectivity index (χ2v) is 7.88. The normalized spacial score (nSPS) is 20.9. The molecule has 2 aromatic rings. The van der Waals surface area contributed by atoms with Crippen molar-refractivity contribution in [2.24, 2.45) is 0 Å². The van der Waals surface area contributed by atoms with Crippen LogP contribution >= 0.6 is 0 Å². The first-order valence-electron chi connectivity index (χ1n) is 9.69. The number of anilines is 1. The van der Waals surface area contributed by atoms with E-state index in [4.69, 9.17) is 10.5 Å². The summed E-state index contributed by atoms with van der Waals surface area (Å²) < 4.78 is 5.72. The summed E-state index contributed by atoms with van der Waals surface area (Å²) >= 11 is 0. The highest BCUT2D eigenvalue weighted by atomic mass is 16.5. The predicted octanol–water partition coefficient (Wildman–Crippen LogP) is 1.06. The molecule has 0 unspecified atom stereocenters. The third kappa shape index (κ3) is 2.77. The van der Waals surface area contributed by atoms with Crippen molar-refractivity contribution in [2.75, 3.05) is 5.73 Å². The van der Waals surface area contributed by atoms with E-state index in [0.29, 0.717) is 5.82 Å². The number of phenols is 2. The van der Waals surface area contributed by atoms with Crippen LogP contribution in [0.2, 0.25) is 0 Å². The lowest BCUT2D eigenvalue weighted by Gasteiger charge is -2.29. The highest BCUT2D eigenvalue weighted by molar-refractivity contribution is 6.31. The number of H-pyrrole nitrogens is 1. The fourth-order valence-electron chi connectivity index (χ4n) is 4.06. The van der Waals surface area contributed by atoms with Crippen LogP contribution in [0.1, 0.15) is 48.1 Å². The maximum Gasteiger partial charge on any atom is 0.239 e. The Morgan fingerprint density at radius 1 is 1.28 bits per heavy atom. The molecule has 0 spiro atoms. The van der Waals surface area contributed by atoms with Crippen LogP contribution in [-0.2, 0) is 21.5 Å². The second kappa shape index (κ2) is 6.94. The second-order valence-electron chi connectivity index (χ2n) is 7.88. The third-order valence-corrected chi connectivity index (χ3v) is 5.83. The van der Waals surface area contributed by atoms with Crippen molar-refractivity contribution in [1.29, 1.82) is 0 Å². The molecule has 0 saturated carbocycles. The zero-order chi connectivity index (χ0) is 23.5. The van der Waals surface area contributed by atoms with Crippen LogP contribution in [0.15, 0.2) is 23.1 Å². The lowest BCUT2D eigenvalue weighted by molar-refractivity contribution is -0.123. The molecule has 1 atom stereocenters. The lowest BCUT2D eigenvalue weighted by atomic mass is 9.70. The largest absolute Gasteiger partial charge is 0.507 e. The molecule has 0 amide bonds. The number of aromatic amines is 1. The lowest BCUT2D eigenvalue weighted by Crippen LogP contribution is -2.41. The number of phenolic OH excluding ortho intramolecular Hbond substituents is 2. The van der Waals surface area contributed by atoms with Gasteiger partial charge in [0.1, 0.15) is 39.8 Å². The number of nitrogens with zero attached hydrogens (tertiary/aromatic N) is 2. The number of carbonyl (C=O) groups is 3. The van der Waals surface area contributed by atoms with Gasteiger partial charge in [0.05, 0.1) is 17.7 Å². The van der Waals surface area contributed by atoms with Crippen LogP contribution in [0.5, 0.6) is 17.2 Å². The summed E-state index contributed by atoms with van der Waals surface area (Å²) in [5.74, 6) is -2.21. The van der Waals surface area contributed by atoms with Crippen LogP contribution in [0.3, 0.4) is 0 Å². The fourth-order valence-corrected chi connectivity index (χ4v) is 4.06. The molecule has 2 aliphatic rings. The van der Waals surface area contributed by atoms with Gasteiger partial charge in [0, 0.05) is 17.3 Å². The molecule has 0 fully saturated rings. The van der Waals surface area contributed by atoms with Crippen LogP contribution in [0, 0.1) is 6.92 Å². The van der Waals surface area contributed by atoms with Crippen LogP contribution in [0.4, 0.5) is 5.95 Å². The van der Waals surface area contributed by atoms with Gasteiger partial charge in [-0.3, -0.25) is 19.5 Å². The van der Waals surface area contributed by atoms with E-state index >= 15 is 0 Å². The molecule has 0 saturated heterocycles. The average molecular weight is 439 g/mol. The number of hydrogen-bond acceptors (Lipinski definition) is 10. The number of benzene rings is 1. The highest BCUT2D eigenvalue weighted by Crippen LogP contribution is 2.57. The third-order valence-electron chi connectivity index (χ3n) is 5.83. The van der Waals surface area contributed by atoms with Crippen molar-refractivity contribution in [3.05, 3.63) is 45.6 Å². The number of fused-ring (bicyclic) bond motifs is 3. The summed E-state index contributed by atoms with van der Waals surface area (Å²) in [7, 11) is 0. The molecule has 2 heterocycles. The minimum Gasteiger partial charge on any atom is -0.507 e. The van der Waals surface area contributed by atoms with Gasteiger partial charge >= 0.3 is 0 Å². The van der Waals surface area contributed by atoms with Crippen molar-refractivity contribution in [3.8, 4) is 17.2 Å². The molecule has 11 nitrogen and oxygen atoms in total. The number of nitrogens with two attached hydrogens (primary N) is 1. The topological polar surface area (TPSA) is 181 Å². The Bertz CT molecular complexity index is 1290. The van der Waals surface area contributed by atoms with Crippen LogP contribution < -0.4 is 15.8 Å². The summed E-state index contributed by atoms with van der Waals surface area (Å²) in [6.45, 7) is 5.86. The predicted molar refractivity (Wildman–Crippen MR) is 111 cm³/mol. The molecule has 1 aliphatic carbocycles. The Kier molecular flexibility index (Phi) is 4.57. The van der Waals surface area contributed by atoms with E-state index in [9.17, 15) is 24.6 Å². The van der Waals surface area contributed by atoms with E-state index in [1.54, 1.807) is 6.92 Å². The molecule has 0 bridgehead atoms. The summed E-state index contributed by atoms with van der Waals surface area (Å²) in [5, 5.41) is 30.5. The monoisotopic (exact) mass is 439 g/mol. The maximum absolute atomic E-state index is 13.6. The molecule has 1 aliphatic heterocycles. The number of allylic oxidation sites excluding steroid dienone is 4. The van der Waals surface area contributed by atoms with E-state index in [0.717, 1.165) is 6.08 Å². The zero-order valence-electron chi connectivity index (χ0n) is 17.8.